The number of hydrogen-bond acceptors (Lipinski definition) is 7. The largest absolute Gasteiger partial charge is 0.360 e. The van der Waals surface area contributed by atoms with Crippen molar-refractivity contribution >= 4 is 33.9 Å². The Morgan fingerprint density at radius 2 is 2.10 bits per heavy atom. The molecular formula is C13H11FN4OS2. The first-order chi connectivity index (χ1) is 10.2. The van der Waals surface area contributed by atoms with E-state index in [9.17, 15) is 4.39 Å². The molecule has 0 bridgehead atoms. The highest BCUT2D eigenvalue weighted by Gasteiger charge is 2.08. The van der Waals surface area contributed by atoms with E-state index in [1.54, 1.807) is 12.1 Å². The molecule has 5 nitrogen and oxygen atoms in total. The van der Waals surface area contributed by atoms with Crippen LogP contribution in [0.25, 0.3) is 0 Å². The molecule has 0 fully saturated rings. The highest BCUT2D eigenvalue weighted by molar-refractivity contribution is 8.00. The van der Waals surface area contributed by atoms with Crippen LogP contribution in [0.5, 0.6) is 0 Å². The topological polar surface area (TPSA) is 63.8 Å². The zero-order chi connectivity index (χ0) is 14.7. The third-order valence-electron chi connectivity index (χ3n) is 2.52. The second kappa shape index (κ2) is 6.23. The predicted octanol–water partition coefficient (Wildman–Crippen LogP) is 4.01. The summed E-state index contributed by atoms with van der Waals surface area (Å²) in [5.74, 6) is 1.20. The molecular weight excluding hydrogens is 311 g/mol. The number of aryl methyl sites for hydroxylation is 1. The van der Waals surface area contributed by atoms with Gasteiger partial charge in [-0.15, -0.1) is 10.2 Å². The number of hydrogen-bond donors (Lipinski definition) is 1. The van der Waals surface area contributed by atoms with Crippen LogP contribution in [0.15, 0.2) is 39.2 Å². The first kappa shape index (κ1) is 14.0. The highest BCUT2D eigenvalue weighted by atomic mass is 32.2. The average Bonchev–Trinajstić information content (AvgIpc) is 3.08. The molecule has 0 spiro atoms. The quantitative estimate of drug-likeness (QED) is 0.716. The lowest BCUT2D eigenvalue weighted by molar-refractivity contribution is 0.391. The maximum atomic E-state index is 12.8. The van der Waals surface area contributed by atoms with Crippen molar-refractivity contribution in [1.29, 1.82) is 0 Å². The molecule has 0 saturated carbocycles. The number of anilines is 2. The molecule has 1 N–H and O–H groups in total. The standard InChI is InChI=1S/C13H11FN4OS2/c1-8-6-11(19-18-8)7-20-13-17-16-12(21-13)15-10-4-2-9(14)3-5-10/h2-6H,7H2,1H3,(H,15,16). The Morgan fingerprint density at radius 1 is 1.29 bits per heavy atom. The third-order valence-corrected chi connectivity index (χ3v) is 4.51. The van der Waals surface area contributed by atoms with Crippen LogP contribution in [0.2, 0.25) is 0 Å². The zero-order valence-electron chi connectivity index (χ0n) is 11.0. The van der Waals surface area contributed by atoms with E-state index in [0.717, 1.165) is 21.5 Å². The molecule has 0 atom stereocenters. The van der Waals surface area contributed by atoms with Gasteiger partial charge in [0.25, 0.3) is 0 Å². The molecule has 0 amide bonds. The maximum absolute atomic E-state index is 12.8. The second-order valence-corrected chi connectivity index (χ2v) is 6.43. The Balaban J connectivity index is 1.59. The van der Waals surface area contributed by atoms with E-state index < -0.39 is 0 Å². The zero-order valence-corrected chi connectivity index (χ0v) is 12.7. The lowest BCUT2D eigenvalue weighted by Crippen LogP contribution is -1.89. The molecule has 108 valence electrons. The summed E-state index contributed by atoms with van der Waals surface area (Å²) in [6.45, 7) is 1.88. The molecule has 0 aliphatic heterocycles. The van der Waals surface area contributed by atoms with Gasteiger partial charge in [-0.1, -0.05) is 28.3 Å². The van der Waals surface area contributed by atoms with Crippen molar-refractivity contribution in [2.45, 2.75) is 17.0 Å². The van der Waals surface area contributed by atoms with Crippen LogP contribution in [-0.4, -0.2) is 15.4 Å². The number of thioether (sulfide) groups is 1. The summed E-state index contributed by atoms with van der Waals surface area (Å²) < 4.78 is 18.8. The van der Waals surface area contributed by atoms with Crippen molar-refractivity contribution in [2.24, 2.45) is 0 Å². The van der Waals surface area contributed by atoms with Crippen molar-refractivity contribution < 1.29 is 8.91 Å². The van der Waals surface area contributed by atoms with Crippen molar-refractivity contribution in [1.82, 2.24) is 15.4 Å². The van der Waals surface area contributed by atoms with Gasteiger partial charge >= 0.3 is 0 Å². The normalized spacial score (nSPS) is 10.8. The SMILES string of the molecule is Cc1cc(CSc2nnc(Nc3ccc(F)cc3)s2)on1. The maximum Gasteiger partial charge on any atom is 0.210 e. The Labute approximate surface area is 128 Å². The molecule has 0 aliphatic carbocycles. The monoisotopic (exact) mass is 322 g/mol. The van der Waals surface area contributed by atoms with Gasteiger partial charge in [-0.05, 0) is 31.2 Å². The first-order valence-corrected chi connectivity index (χ1v) is 7.90. The minimum Gasteiger partial charge on any atom is -0.360 e. The molecule has 1 aromatic carbocycles. The van der Waals surface area contributed by atoms with Crippen molar-refractivity contribution in [3.05, 3.63) is 47.6 Å². The van der Waals surface area contributed by atoms with E-state index in [1.807, 2.05) is 13.0 Å². The van der Waals surface area contributed by atoms with Gasteiger partial charge in [0.05, 0.1) is 11.4 Å². The van der Waals surface area contributed by atoms with Crippen molar-refractivity contribution in [2.75, 3.05) is 5.32 Å². The molecule has 0 aliphatic rings. The Kier molecular flexibility index (Phi) is 4.16. The van der Waals surface area contributed by atoms with Gasteiger partial charge in [-0.2, -0.15) is 0 Å². The van der Waals surface area contributed by atoms with E-state index in [2.05, 4.69) is 20.7 Å². The number of nitrogens with one attached hydrogen (secondary N) is 1. The molecule has 0 saturated heterocycles. The van der Waals surface area contributed by atoms with Crippen LogP contribution < -0.4 is 5.32 Å². The van der Waals surface area contributed by atoms with Gasteiger partial charge in [0, 0.05) is 11.8 Å². The summed E-state index contributed by atoms with van der Waals surface area (Å²) in [7, 11) is 0. The fraction of sp³-hybridized carbons (Fsp3) is 0.154. The summed E-state index contributed by atoms with van der Waals surface area (Å²) in [4.78, 5) is 0. The molecule has 2 aromatic heterocycles. The fourth-order valence-corrected chi connectivity index (χ4v) is 3.24. The molecule has 2 heterocycles. The Bertz CT molecular complexity index is 726. The van der Waals surface area contributed by atoms with Gasteiger partial charge in [0.2, 0.25) is 5.13 Å². The van der Waals surface area contributed by atoms with Crippen LogP contribution in [0.3, 0.4) is 0 Å². The van der Waals surface area contributed by atoms with E-state index in [4.69, 9.17) is 4.52 Å². The van der Waals surface area contributed by atoms with Gasteiger partial charge in [-0.3, -0.25) is 0 Å². The molecule has 3 rings (SSSR count). The number of aromatic nitrogens is 3. The molecule has 0 radical (unpaired) electrons. The molecule has 8 heteroatoms. The summed E-state index contributed by atoms with van der Waals surface area (Å²) >= 11 is 2.96. The van der Waals surface area contributed by atoms with Crippen LogP contribution in [0, 0.1) is 12.7 Å². The van der Waals surface area contributed by atoms with Crippen molar-refractivity contribution in [3.8, 4) is 0 Å². The van der Waals surface area contributed by atoms with Gasteiger partial charge in [0.15, 0.2) is 4.34 Å². The van der Waals surface area contributed by atoms with Gasteiger partial charge in [-0.25, -0.2) is 4.39 Å². The summed E-state index contributed by atoms with van der Waals surface area (Å²) in [5, 5.41) is 15.7. The smallest absolute Gasteiger partial charge is 0.210 e. The summed E-state index contributed by atoms with van der Waals surface area (Å²) in [6.07, 6.45) is 0. The lowest BCUT2D eigenvalue weighted by atomic mass is 10.3. The summed E-state index contributed by atoms with van der Waals surface area (Å²) in [6, 6.07) is 7.99. The fourth-order valence-electron chi connectivity index (χ4n) is 1.59. The number of benzene rings is 1. The van der Waals surface area contributed by atoms with E-state index in [-0.39, 0.29) is 5.82 Å². The Morgan fingerprint density at radius 3 is 2.81 bits per heavy atom. The van der Waals surface area contributed by atoms with Crippen LogP contribution in [-0.2, 0) is 5.75 Å². The number of halogens is 1. The van der Waals surface area contributed by atoms with Gasteiger partial charge in [0.1, 0.15) is 11.6 Å². The Hall–Kier alpha value is -1.93. The number of rotatable bonds is 5. The number of nitrogens with zero attached hydrogens (tertiary/aromatic N) is 3. The minimum absolute atomic E-state index is 0.267. The molecule has 3 aromatic rings. The van der Waals surface area contributed by atoms with E-state index in [0.29, 0.717) is 10.9 Å². The first-order valence-electron chi connectivity index (χ1n) is 6.10. The minimum atomic E-state index is -0.267. The lowest BCUT2D eigenvalue weighted by Gasteiger charge is -2.00. The molecule has 21 heavy (non-hydrogen) atoms. The third kappa shape index (κ3) is 3.79. The second-order valence-electron chi connectivity index (χ2n) is 4.23. The van der Waals surface area contributed by atoms with Crippen LogP contribution >= 0.6 is 23.1 Å². The average molecular weight is 322 g/mol. The molecule has 0 unspecified atom stereocenters. The van der Waals surface area contributed by atoms with E-state index >= 15 is 0 Å². The van der Waals surface area contributed by atoms with Gasteiger partial charge < -0.3 is 9.84 Å². The highest BCUT2D eigenvalue weighted by Crippen LogP contribution is 2.29. The predicted molar refractivity (Wildman–Crippen MR) is 80.4 cm³/mol. The van der Waals surface area contributed by atoms with Crippen molar-refractivity contribution in [3.63, 3.8) is 0 Å². The van der Waals surface area contributed by atoms with Crippen LogP contribution in [0.1, 0.15) is 11.5 Å². The van der Waals surface area contributed by atoms with E-state index in [1.165, 1.54) is 35.2 Å². The summed E-state index contributed by atoms with van der Waals surface area (Å²) in [5.41, 5.74) is 1.64. The van der Waals surface area contributed by atoms with Crippen LogP contribution in [0.4, 0.5) is 15.2 Å².